The van der Waals surface area contributed by atoms with E-state index in [9.17, 15) is 9.18 Å². The van der Waals surface area contributed by atoms with Crippen molar-refractivity contribution in [2.75, 3.05) is 19.5 Å². The van der Waals surface area contributed by atoms with Crippen molar-refractivity contribution in [3.8, 4) is 11.5 Å². The largest absolute Gasteiger partial charge is 0.496 e. The lowest BCUT2D eigenvalue weighted by atomic mass is 10.1. The van der Waals surface area contributed by atoms with Gasteiger partial charge in [-0.2, -0.15) is 5.10 Å². The van der Waals surface area contributed by atoms with Gasteiger partial charge < -0.3 is 14.8 Å². The summed E-state index contributed by atoms with van der Waals surface area (Å²) in [5.41, 5.74) is 1.49. The van der Waals surface area contributed by atoms with Gasteiger partial charge in [0.2, 0.25) is 0 Å². The van der Waals surface area contributed by atoms with E-state index in [4.69, 9.17) is 21.1 Å². The Balaban J connectivity index is 1.77. The summed E-state index contributed by atoms with van der Waals surface area (Å²) in [7, 11) is 2.96. The predicted octanol–water partition coefficient (Wildman–Crippen LogP) is 3.99. The van der Waals surface area contributed by atoms with E-state index < -0.39 is 5.82 Å². The van der Waals surface area contributed by atoms with E-state index in [-0.39, 0.29) is 11.5 Å². The standard InChI is InChI=1S/C19H17ClFN3O3/c1-26-16-4-3-5-17(27-2)18(16)19(25)23-14-9-22-24(11-14)10-12-6-7-13(21)8-15(12)20/h3-9,11H,10H2,1-2H3,(H,23,25). The van der Waals surface area contributed by atoms with Gasteiger partial charge in [0.1, 0.15) is 22.9 Å². The molecular weight excluding hydrogens is 373 g/mol. The van der Waals surface area contributed by atoms with Crippen molar-refractivity contribution < 1.29 is 18.7 Å². The molecule has 6 nitrogen and oxygen atoms in total. The van der Waals surface area contributed by atoms with E-state index >= 15 is 0 Å². The second-order valence-corrected chi connectivity index (χ2v) is 6.06. The number of methoxy groups -OCH3 is 2. The fraction of sp³-hybridized carbons (Fsp3) is 0.158. The fourth-order valence-corrected chi connectivity index (χ4v) is 2.83. The van der Waals surface area contributed by atoms with Gasteiger partial charge in [0.25, 0.3) is 5.91 Å². The molecule has 0 aliphatic carbocycles. The van der Waals surface area contributed by atoms with Crippen molar-refractivity contribution in [1.82, 2.24) is 9.78 Å². The third-order valence-electron chi connectivity index (χ3n) is 3.89. The van der Waals surface area contributed by atoms with E-state index in [0.29, 0.717) is 34.3 Å². The average Bonchev–Trinajstić information content (AvgIpc) is 3.10. The first-order valence-electron chi connectivity index (χ1n) is 8.00. The number of rotatable bonds is 6. The van der Waals surface area contributed by atoms with Crippen molar-refractivity contribution >= 4 is 23.2 Å². The van der Waals surface area contributed by atoms with Crippen LogP contribution in [0.1, 0.15) is 15.9 Å². The molecule has 0 radical (unpaired) electrons. The van der Waals surface area contributed by atoms with Gasteiger partial charge in [0.05, 0.1) is 32.6 Å². The second kappa shape index (κ2) is 8.09. The molecule has 1 N–H and O–H groups in total. The van der Waals surface area contributed by atoms with E-state index in [1.807, 2.05) is 0 Å². The van der Waals surface area contributed by atoms with Gasteiger partial charge in [0.15, 0.2) is 0 Å². The number of hydrogen-bond donors (Lipinski definition) is 1. The Morgan fingerprint density at radius 1 is 1.22 bits per heavy atom. The van der Waals surface area contributed by atoms with Crippen LogP contribution in [0.3, 0.4) is 0 Å². The molecule has 0 saturated heterocycles. The van der Waals surface area contributed by atoms with Crippen LogP contribution in [0.5, 0.6) is 11.5 Å². The number of anilines is 1. The Morgan fingerprint density at radius 3 is 2.56 bits per heavy atom. The van der Waals surface area contributed by atoms with Crippen LogP contribution in [0.2, 0.25) is 5.02 Å². The van der Waals surface area contributed by atoms with Crippen LogP contribution >= 0.6 is 11.6 Å². The van der Waals surface area contributed by atoms with Crippen LogP contribution in [-0.4, -0.2) is 29.9 Å². The van der Waals surface area contributed by atoms with Gasteiger partial charge in [-0.15, -0.1) is 0 Å². The molecule has 1 aromatic heterocycles. The van der Waals surface area contributed by atoms with Crippen LogP contribution in [-0.2, 0) is 6.54 Å². The Bertz CT molecular complexity index is 952. The number of nitrogens with one attached hydrogen (secondary N) is 1. The molecule has 0 spiro atoms. The van der Waals surface area contributed by atoms with Gasteiger partial charge in [-0.05, 0) is 29.8 Å². The molecule has 2 aromatic carbocycles. The lowest BCUT2D eigenvalue weighted by Gasteiger charge is -2.12. The molecule has 8 heteroatoms. The number of nitrogens with zero attached hydrogens (tertiary/aromatic N) is 2. The second-order valence-electron chi connectivity index (χ2n) is 5.65. The molecule has 0 atom stereocenters. The Hall–Kier alpha value is -3.06. The number of carbonyl (C=O) groups is 1. The summed E-state index contributed by atoms with van der Waals surface area (Å²) in [5, 5.41) is 7.27. The smallest absolute Gasteiger partial charge is 0.263 e. The Morgan fingerprint density at radius 2 is 1.93 bits per heavy atom. The summed E-state index contributed by atoms with van der Waals surface area (Å²) in [6.07, 6.45) is 3.16. The van der Waals surface area contributed by atoms with Crippen LogP contribution < -0.4 is 14.8 Å². The lowest BCUT2D eigenvalue weighted by molar-refractivity contribution is 0.102. The maximum atomic E-state index is 13.1. The van der Waals surface area contributed by atoms with Gasteiger partial charge >= 0.3 is 0 Å². The lowest BCUT2D eigenvalue weighted by Crippen LogP contribution is -2.14. The Kier molecular flexibility index (Phi) is 5.61. The van der Waals surface area contributed by atoms with Crippen LogP contribution in [0.25, 0.3) is 0 Å². The normalized spacial score (nSPS) is 10.5. The van der Waals surface area contributed by atoms with E-state index in [2.05, 4.69) is 10.4 Å². The molecule has 0 bridgehead atoms. The maximum absolute atomic E-state index is 13.1. The molecule has 0 fully saturated rings. The van der Waals surface area contributed by atoms with E-state index in [1.165, 1.54) is 32.5 Å². The highest BCUT2D eigenvalue weighted by atomic mass is 35.5. The fourth-order valence-electron chi connectivity index (χ4n) is 2.61. The quantitative estimate of drug-likeness (QED) is 0.692. The first-order valence-corrected chi connectivity index (χ1v) is 8.38. The first-order chi connectivity index (χ1) is 13.0. The minimum absolute atomic E-state index is 0.289. The summed E-state index contributed by atoms with van der Waals surface area (Å²) < 4.78 is 25.2. The maximum Gasteiger partial charge on any atom is 0.263 e. The number of hydrogen-bond acceptors (Lipinski definition) is 4. The minimum atomic E-state index is -0.400. The zero-order valence-electron chi connectivity index (χ0n) is 14.7. The molecule has 0 saturated carbocycles. The van der Waals surface area contributed by atoms with Crippen molar-refractivity contribution in [2.24, 2.45) is 0 Å². The molecule has 1 amide bonds. The number of benzene rings is 2. The zero-order chi connectivity index (χ0) is 19.4. The average molecular weight is 390 g/mol. The third-order valence-corrected chi connectivity index (χ3v) is 4.25. The molecular formula is C19H17ClFN3O3. The van der Waals surface area contributed by atoms with Gasteiger partial charge in [-0.25, -0.2) is 4.39 Å². The highest BCUT2D eigenvalue weighted by molar-refractivity contribution is 6.31. The predicted molar refractivity (Wildman–Crippen MR) is 100 cm³/mol. The van der Waals surface area contributed by atoms with Crippen molar-refractivity contribution in [2.45, 2.75) is 6.54 Å². The number of amides is 1. The highest BCUT2D eigenvalue weighted by Gasteiger charge is 2.18. The first kappa shape index (κ1) is 18.7. The summed E-state index contributed by atoms with van der Waals surface area (Å²) in [4.78, 5) is 12.7. The molecule has 0 aliphatic rings. The zero-order valence-corrected chi connectivity index (χ0v) is 15.5. The molecule has 27 heavy (non-hydrogen) atoms. The van der Waals surface area contributed by atoms with E-state index in [1.54, 1.807) is 35.1 Å². The van der Waals surface area contributed by atoms with Crippen LogP contribution in [0.15, 0.2) is 48.8 Å². The van der Waals surface area contributed by atoms with Crippen LogP contribution in [0.4, 0.5) is 10.1 Å². The topological polar surface area (TPSA) is 65.4 Å². The summed E-state index contributed by atoms with van der Waals surface area (Å²) in [5.74, 6) is 0.0151. The van der Waals surface area contributed by atoms with Gasteiger partial charge in [-0.1, -0.05) is 23.7 Å². The Labute approximate surface area is 160 Å². The van der Waals surface area contributed by atoms with Crippen molar-refractivity contribution in [1.29, 1.82) is 0 Å². The third kappa shape index (κ3) is 4.20. The molecule has 0 unspecified atom stereocenters. The molecule has 140 valence electrons. The summed E-state index contributed by atoms with van der Waals surface area (Å²) in [6, 6.07) is 9.27. The van der Waals surface area contributed by atoms with Crippen LogP contribution in [0, 0.1) is 5.82 Å². The van der Waals surface area contributed by atoms with Crippen molar-refractivity contribution in [3.05, 3.63) is 70.8 Å². The highest BCUT2D eigenvalue weighted by Crippen LogP contribution is 2.29. The SMILES string of the molecule is COc1cccc(OC)c1C(=O)Nc1cnn(Cc2ccc(F)cc2Cl)c1. The number of aromatic nitrogens is 2. The number of halogens is 2. The molecule has 1 heterocycles. The number of ether oxygens (including phenoxy) is 2. The van der Waals surface area contributed by atoms with Gasteiger partial charge in [-0.3, -0.25) is 9.48 Å². The minimum Gasteiger partial charge on any atom is -0.496 e. The summed E-state index contributed by atoms with van der Waals surface area (Å²) >= 11 is 6.04. The molecule has 3 aromatic rings. The molecule has 3 rings (SSSR count). The van der Waals surface area contributed by atoms with Gasteiger partial charge in [0, 0.05) is 11.2 Å². The monoisotopic (exact) mass is 389 g/mol. The summed E-state index contributed by atoms with van der Waals surface area (Å²) in [6.45, 7) is 0.340. The van der Waals surface area contributed by atoms with Crippen molar-refractivity contribution in [3.63, 3.8) is 0 Å². The molecule has 0 aliphatic heterocycles. The number of carbonyl (C=O) groups excluding carboxylic acids is 1. The van der Waals surface area contributed by atoms with E-state index in [0.717, 1.165) is 0 Å².